The van der Waals surface area contributed by atoms with Crippen molar-refractivity contribution in [1.82, 2.24) is 9.97 Å². The highest BCUT2D eigenvalue weighted by Gasteiger charge is 2.32. The Balaban J connectivity index is 0.00000113. The number of esters is 2. The summed E-state index contributed by atoms with van der Waals surface area (Å²) >= 11 is 7.88. The number of nitrogens with one attached hydrogen (secondary N) is 1. The molecule has 5 rings (SSSR count). The van der Waals surface area contributed by atoms with Gasteiger partial charge >= 0.3 is 11.9 Å². The Kier molecular flexibility index (Phi) is 11.7. The molecule has 0 saturated carbocycles. The van der Waals surface area contributed by atoms with Crippen molar-refractivity contribution in [2.45, 2.75) is 33.5 Å². The Hall–Kier alpha value is -5.01. The fourth-order valence-electron chi connectivity index (χ4n) is 4.14. The number of hydrogen-bond acceptors (Lipinski definition) is 11. The van der Waals surface area contributed by atoms with Gasteiger partial charge in [-0.1, -0.05) is 23.7 Å². The number of hydrogen-bond donors (Lipinski definition) is 2. The quantitative estimate of drug-likeness (QED) is 0.112. The van der Waals surface area contributed by atoms with Gasteiger partial charge < -0.3 is 29.4 Å². The van der Waals surface area contributed by atoms with Crippen molar-refractivity contribution in [1.29, 1.82) is 0 Å². The number of anilines is 2. The molecule has 2 N–H and O–H groups in total. The lowest BCUT2D eigenvalue weighted by Gasteiger charge is -2.16. The number of nitrogens with zero attached hydrogens (tertiary/aromatic N) is 2. The van der Waals surface area contributed by atoms with Crippen molar-refractivity contribution in [2.24, 2.45) is 0 Å². The summed E-state index contributed by atoms with van der Waals surface area (Å²) in [5.41, 5.74) is 1.36. The molecule has 14 heteroatoms. The van der Waals surface area contributed by atoms with Gasteiger partial charge in [0.05, 0.1) is 23.6 Å². The highest BCUT2D eigenvalue weighted by atomic mass is 35.5. The van der Waals surface area contributed by atoms with Crippen LogP contribution in [0.15, 0.2) is 67.0 Å². The number of ether oxygens (including phenoxy) is 4. The van der Waals surface area contributed by atoms with Crippen LogP contribution in [0.3, 0.4) is 0 Å². The molecule has 0 spiro atoms. The summed E-state index contributed by atoms with van der Waals surface area (Å²) < 4.78 is 35.7. The van der Waals surface area contributed by atoms with E-state index in [4.69, 9.17) is 40.4 Å². The van der Waals surface area contributed by atoms with E-state index in [1.165, 1.54) is 29.8 Å². The van der Waals surface area contributed by atoms with Crippen LogP contribution in [0.5, 0.6) is 11.5 Å². The van der Waals surface area contributed by atoms with E-state index in [9.17, 15) is 14.0 Å². The predicted octanol–water partition coefficient (Wildman–Crippen LogP) is 6.92. The van der Waals surface area contributed by atoms with Crippen LogP contribution in [0.25, 0.3) is 20.3 Å². The molecule has 0 aliphatic carbocycles. The summed E-state index contributed by atoms with van der Waals surface area (Å²) in [5, 5.41) is 12.7. The van der Waals surface area contributed by atoms with E-state index in [1.807, 2.05) is 6.07 Å². The smallest absolute Gasteiger partial charge is 0.359 e. The van der Waals surface area contributed by atoms with E-state index in [1.54, 1.807) is 56.3 Å². The third kappa shape index (κ3) is 8.79. The first-order valence-electron chi connectivity index (χ1n) is 13.9. The summed E-state index contributed by atoms with van der Waals surface area (Å²) in [6.45, 7) is 4.72. The molecule has 0 saturated heterocycles. The molecule has 5 aromatic rings. The SMILES string of the molecule is CC(=O)O.CCOC(=O)C(Oc1ccc2c(c1)sc1ncnc(Nc3ccc(OCc4cccc(F)c4)c(Cl)c3)c12)C(=O)OCC. The van der Waals surface area contributed by atoms with E-state index < -0.39 is 24.0 Å². The fourth-order valence-corrected chi connectivity index (χ4v) is 5.45. The fraction of sp³-hybridized carbons (Fsp3) is 0.219. The van der Waals surface area contributed by atoms with E-state index in [0.29, 0.717) is 38.4 Å². The van der Waals surface area contributed by atoms with E-state index in [2.05, 4.69) is 15.3 Å². The molecule has 0 fully saturated rings. The summed E-state index contributed by atoms with van der Waals surface area (Å²) in [7, 11) is 0. The van der Waals surface area contributed by atoms with Gasteiger partial charge in [0.25, 0.3) is 12.1 Å². The number of carbonyl (C=O) groups excluding carboxylic acids is 2. The largest absolute Gasteiger partial charge is 0.487 e. The van der Waals surface area contributed by atoms with E-state index in [0.717, 1.165) is 22.4 Å². The van der Waals surface area contributed by atoms with Crippen LogP contribution < -0.4 is 14.8 Å². The van der Waals surface area contributed by atoms with Crippen LogP contribution in [0, 0.1) is 5.82 Å². The number of carboxylic acid groups (broad SMARTS) is 1. The Morgan fingerprint density at radius 3 is 2.37 bits per heavy atom. The van der Waals surface area contributed by atoms with Crippen LogP contribution >= 0.6 is 22.9 Å². The lowest BCUT2D eigenvalue weighted by molar-refractivity contribution is -0.166. The number of rotatable bonds is 11. The third-order valence-electron chi connectivity index (χ3n) is 5.97. The summed E-state index contributed by atoms with van der Waals surface area (Å²) in [6.07, 6.45) is -0.0908. The number of aliphatic carboxylic acids is 1. The maximum Gasteiger partial charge on any atom is 0.359 e. The Morgan fingerprint density at radius 1 is 1.00 bits per heavy atom. The monoisotopic (exact) mass is 669 g/mol. The molecule has 240 valence electrons. The summed E-state index contributed by atoms with van der Waals surface area (Å²) in [4.78, 5) is 43.3. The van der Waals surface area contributed by atoms with Gasteiger partial charge in [-0.3, -0.25) is 4.79 Å². The topological polar surface area (TPSA) is 146 Å². The first-order chi connectivity index (χ1) is 22.1. The van der Waals surface area contributed by atoms with Crippen LogP contribution in [-0.4, -0.2) is 52.3 Å². The first-order valence-corrected chi connectivity index (χ1v) is 15.1. The number of halogens is 2. The maximum absolute atomic E-state index is 13.5. The molecule has 0 radical (unpaired) electrons. The van der Waals surface area contributed by atoms with Crippen molar-refractivity contribution in [3.05, 3.63) is 83.4 Å². The number of carboxylic acids is 1. The zero-order chi connectivity index (χ0) is 33.2. The Bertz CT molecular complexity index is 1850. The van der Waals surface area contributed by atoms with Crippen molar-refractivity contribution >= 4 is 72.7 Å². The van der Waals surface area contributed by atoms with Gasteiger partial charge in [0.15, 0.2) is 0 Å². The van der Waals surface area contributed by atoms with Crippen LogP contribution in [-0.2, 0) is 30.5 Å². The molecule has 46 heavy (non-hydrogen) atoms. The highest BCUT2D eigenvalue weighted by molar-refractivity contribution is 7.25. The normalized spacial score (nSPS) is 10.7. The minimum atomic E-state index is -1.54. The minimum absolute atomic E-state index is 0.0950. The number of aromatic nitrogens is 2. The molecule has 0 unspecified atom stereocenters. The molecule has 11 nitrogen and oxygen atoms in total. The molecular weight excluding hydrogens is 641 g/mol. The molecule has 2 heterocycles. The molecule has 0 bridgehead atoms. The second-order valence-corrected chi connectivity index (χ2v) is 10.8. The average molecular weight is 670 g/mol. The first kappa shape index (κ1) is 33.9. The minimum Gasteiger partial charge on any atom is -0.487 e. The average Bonchev–Trinajstić information content (AvgIpc) is 3.38. The van der Waals surface area contributed by atoms with Crippen LogP contribution in [0.2, 0.25) is 5.02 Å². The van der Waals surface area contributed by atoms with Gasteiger partial charge in [-0.15, -0.1) is 11.3 Å². The number of fused-ring (bicyclic) bond motifs is 3. The van der Waals surface area contributed by atoms with Crippen molar-refractivity contribution in [3.8, 4) is 11.5 Å². The second kappa shape index (κ2) is 15.8. The molecule has 0 aliphatic rings. The number of benzene rings is 3. The zero-order valence-corrected chi connectivity index (χ0v) is 26.5. The molecular formula is C32H29ClFN3O8S. The molecule has 0 amide bonds. The molecule has 0 atom stereocenters. The number of thiophene rings is 1. The van der Waals surface area contributed by atoms with Gasteiger partial charge in [-0.2, -0.15) is 0 Å². The van der Waals surface area contributed by atoms with E-state index >= 15 is 0 Å². The summed E-state index contributed by atoms with van der Waals surface area (Å²) in [5.74, 6) is -1.51. The molecule has 2 aromatic heterocycles. The highest BCUT2D eigenvalue weighted by Crippen LogP contribution is 2.39. The molecule has 3 aromatic carbocycles. The van der Waals surface area contributed by atoms with Gasteiger partial charge in [0.2, 0.25) is 0 Å². The van der Waals surface area contributed by atoms with Crippen LogP contribution in [0.1, 0.15) is 26.3 Å². The van der Waals surface area contributed by atoms with Crippen molar-refractivity contribution in [2.75, 3.05) is 18.5 Å². The van der Waals surface area contributed by atoms with Gasteiger partial charge in [0.1, 0.15) is 40.9 Å². The van der Waals surface area contributed by atoms with Crippen molar-refractivity contribution in [3.63, 3.8) is 0 Å². The lowest BCUT2D eigenvalue weighted by Crippen LogP contribution is -2.38. The van der Waals surface area contributed by atoms with Gasteiger partial charge in [-0.05, 0) is 67.9 Å². The second-order valence-electron chi connectivity index (χ2n) is 9.37. The van der Waals surface area contributed by atoms with Gasteiger partial charge in [-0.25, -0.2) is 23.9 Å². The van der Waals surface area contributed by atoms with Crippen LogP contribution in [0.4, 0.5) is 15.9 Å². The van der Waals surface area contributed by atoms with Crippen molar-refractivity contribution < 1.29 is 42.8 Å². The maximum atomic E-state index is 13.5. The lowest BCUT2D eigenvalue weighted by atomic mass is 10.2. The van der Waals surface area contributed by atoms with Gasteiger partial charge in [0, 0.05) is 22.7 Å². The standard InChI is InChI=1S/C30H25ClFN3O6S.C2H4O2/c1-3-38-29(36)26(30(37)39-4-2)41-20-9-10-21-24(14-20)42-28-25(21)27(33-16-34-28)35-19-8-11-23(22(31)13-19)40-15-17-6-5-7-18(32)12-17;1-2(3)4/h5-14,16,26H,3-4,15H2,1-2H3,(H,33,34,35);1H3,(H,3,4). The Morgan fingerprint density at radius 2 is 1.72 bits per heavy atom. The summed E-state index contributed by atoms with van der Waals surface area (Å²) in [6, 6.07) is 16.6. The molecule has 0 aliphatic heterocycles. The van der Waals surface area contributed by atoms with E-state index in [-0.39, 0.29) is 25.6 Å². The number of carbonyl (C=O) groups is 3. The third-order valence-corrected chi connectivity index (χ3v) is 7.33. The predicted molar refractivity (Wildman–Crippen MR) is 171 cm³/mol. The Labute approximate surface area is 271 Å². The zero-order valence-electron chi connectivity index (χ0n) is 24.9.